The number of fused-ring (bicyclic) bond motifs is 2. The van der Waals surface area contributed by atoms with Crippen molar-refractivity contribution >= 4 is 11.0 Å². The molecule has 2 aromatic carbocycles. The van der Waals surface area contributed by atoms with Gasteiger partial charge in [-0.1, -0.05) is 12.1 Å². The number of hydrogen-bond donors (Lipinski definition) is 0. The fraction of sp³-hybridized carbons (Fsp3) is 0.263. The fourth-order valence-electron chi connectivity index (χ4n) is 3.22. The molecule has 0 bridgehead atoms. The molecule has 5 rings (SSSR count). The maximum atomic E-state index is 8.95. The normalized spacial score (nSPS) is 15.6. The van der Waals surface area contributed by atoms with E-state index in [1.54, 1.807) is 0 Å². The van der Waals surface area contributed by atoms with Crippen molar-refractivity contribution in [1.29, 1.82) is 5.26 Å². The van der Waals surface area contributed by atoms with Crippen LogP contribution >= 0.6 is 0 Å². The van der Waals surface area contributed by atoms with Crippen LogP contribution in [0, 0.1) is 11.3 Å². The zero-order valence-corrected chi connectivity index (χ0v) is 13.0. The molecule has 2 aliphatic rings. The second-order valence-electron chi connectivity index (χ2n) is 6.33. The molecular weight excluding hydrogens is 302 g/mol. The van der Waals surface area contributed by atoms with Gasteiger partial charge in [-0.05, 0) is 30.5 Å². The molecule has 0 amide bonds. The highest BCUT2D eigenvalue weighted by Crippen LogP contribution is 2.43. The molecule has 1 aliphatic heterocycles. The Kier molecular flexibility index (Phi) is 2.80. The van der Waals surface area contributed by atoms with Gasteiger partial charge in [-0.2, -0.15) is 5.26 Å². The first-order valence-corrected chi connectivity index (χ1v) is 8.10. The van der Waals surface area contributed by atoms with Crippen LogP contribution in [0.1, 0.15) is 35.7 Å². The number of rotatable bonds is 3. The van der Waals surface area contributed by atoms with Gasteiger partial charge in [-0.25, -0.2) is 4.98 Å². The molecule has 1 fully saturated rings. The number of aromatic nitrogens is 2. The van der Waals surface area contributed by atoms with Gasteiger partial charge in [0, 0.05) is 24.6 Å². The molecule has 5 nitrogen and oxygen atoms in total. The van der Waals surface area contributed by atoms with E-state index < -0.39 is 0 Å². The van der Waals surface area contributed by atoms with Crippen molar-refractivity contribution in [1.82, 2.24) is 9.55 Å². The van der Waals surface area contributed by atoms with Crippen molar-refractivity contribution < 1.29 is 9.47 Å². The molecule has 3 aromatic rings. The van der Waals surface area contributed by atoms with Crippen LogP contribution in [0.2, 0.25) is 0 Å². The quantitative estimate of drug-likeness (QED) is 0.741. The number of hydrogen-bond acceptors (Lipinski definition) is 4. The lowest BCUT2D eigenvalue weighted by Crippen LogP contribution is -2.04. The van der Waals surface area contributed by atoms with Gasteiger partial charge in [0.2, 0.25) is 6.79 Å². The number of nitriles is 1. The van der Waals surface area contributed by atoms with Crippen molar-refractivity contribution in [3.63, 3.8) is 0 Å². The molecule has 1 aromatic heterocycles. The van der Waals surface area contributed by atoms with Crippen LogP contribution in [-0.4, -0.2) is 16.3 Å². The third-order valence-corrected chi connectivity index (χ3v) is 4.64. The maximum absolute atomic E-state index is 8.95. The molecule has 5 heteroatoms. The van der Waals surface area contributed by atoms with Crippen LogP contribution < -0.4 is 9.47 Å². The minimum absolute atomic E-state index is 0.271. The summed E-state index contributed by atoms with van der Waals surface area (Å²) in [6, 6.07) is 13.9. The summed E-state index contributed by atoms with van der Waals surface area (Å²) < 4.78 is 13.3. The Hall–Kier alpha value is -3.00. The van der Waals surface area contributed by atoms with E-state index in [1.165, 1.54) is 12.8 Å². The van der Waals surface area contributed by atoms with E-state index >= 15 is 0 Å². The van der Waals surface area contributed by atoms with Crippen LogP contribution in [0.25, 0.3) is 11.0 Å². The average molecular weight is 317 g/mol. The smallest absolute Gasteiger partial charge is 0.231 e. The largest absolute Gasteiger partial charge is 0.454 e. The van der Waals surface area contributed by atoms with Crippen molar-refractivity contribution in [2.45, 2.75) is 25.3 Å². The molecule has 0 radical (unpaired) electrons. The Morgan fingerprint density at radius 1 is 1.12 bits per heavy atom. The van der Waals surface area contributed by atoms with Crippen LogP contribution in [-0.2, 0) is 6.54 Å². The topological polar surface area (TPSA) is 60.1 Å². The fourth-order valence-corrected chi connectivity index (χ4v) is 3.22. The second kappa shape index (κ2) is 5.00. The van der Waals surface area contributed by atoms with Crippen LogP contribution in [0.5, 0.6) is 11.5 Å². The van der Waals surface area contributed by atoms with Gasteiger partial charge in [-0.3, -0.25) is 0 Å². The molecular formula is C19H15N3O2. The molecule has 0 spiro atoms. The first kappa shape index (κ1) is 13.4. The first-order valence-electron chi connectivity index (χ1n) is 8.10. The predicted molar refractivity (Wildman–Crippen MR) is 88.1 cm³/mol. The van der Waals surface area contributed by atoms with Gasteiger partial charge in [-0.15, -0.1) is 0 Å². The minimum atomic E-state index is 0.271. The lowest BCUT2D eigenvalue weighted by atomic mass is 10.1. The second-order valence-corrected chi connectivity index (χ2v) is 6.33. The molecule has 1 saturated carbocycles. The third kappa shape index (κ3) is 2.11. The molecule has 1 aliphatic carbocycles. The number of nitrogens with zero attached hydrogens (tertiary/aromatic N) is 3. The summed E-state index contributed by atoms with van der Waals surface area (Å²) >= 11 is 0. The summed E-state index contributed by atoms with van der Waals surface area (Å²) in [7, 11) is 0. The summed E-state index contributed by atoms with van der Waals surface area (Å²) in [5.41, 5.74) is 3.87. The van der Waals surface area contributed by atoms with E-state index in [2.05, 4.69) is 10.6 Å². The Balaban J connectivity index is 1.62. The van der Waals surface area contributed by atoms with Crippen molar-refractivity contribution in [2.75, 3.05) is 6.79 Å². The summed E-state index contributed by atoms with van der Waals surface area (Å²) in [6.45, 7) is 1.01. The van der Waals surface area contributed by atoms with E-state index in [0.717, 1.165) is 40.5 Å². The van der Waals surface area contributed by atoms with E-state index in [-0.39, 0.29) is 6.79 Å². The summed E-state index contributed by atoms with van der Waals surface area (Å²) in [4.78, 5) is 4.86. The Morgan fingerprint density at radius 3 is 2.58 bits per heavy atom. The van der Waals surface area contributed by atoms with Gasteiger partial charge < -0.3 is 14.0 Å². The van der Waals surface area contributed by atoms with Crippen molar-refractivity contribution in [3.05, 3.63) is 53.3 Å². The van der Waals surface area contributed by atoms with E-state index in [9.17, 15) is 0 Å². The summed E-state index contributed by atoms with van der Waals surface area (Å²) in [5.74, 6) is 3.24. The van der Waals surface area contributed by atoms with Gasteiger partial charge in [0.25, 0.3) is 0 Å². The SMILES string of the molecule is N#Cc1ccc(Cn2c(C3CC3)nc3cc4c(cc32)OCO4)cc1. The van der Waals surface area contributed by atoms with Crippen LogP contribution in [0.3, 0.4) is 0 Å². The third-order valence-electron chi connectivity index (χ3n) is 4.64. The molecule has 0 unspecified atom stereocenters. The number of ether oxygens (including phenoxy) is 2. The highest BCUT2D eigenvalue weighted by atomic mass is 16.7. The zero-order valence-electron chi connectivity index (χ0n) is 13.0. The van der Waals surface area contributed by atoms with Gasteiger partial charge in [0.1, 0.15) is 5.82 Å². The molecule has 0 N–H and O–H groups in total. The summed E-state index contributed by atoms with van der Waals surface area (Å²) in [6.07, 6.45) is 2.40. The highest BCUT2D eigenvalue weighted by molar-refractivity contribution is 5.81. The van der Waals surface area contributed by atoms with E-state index in [4.69, 9.17) is 19.7 Å². The average Bonchev–Trinajstić information content (AvgIpc) is 3.26. The predicted octanol–water partition coefficient (Wildman–Crippen LogP) is 3.56. The molecule has 2 heterocycles. The van der Waals surface area contributed by atoms with Crippen molar-refractivity contribution in [3.8, 4) is 17.6 Å². The lowest BCUT2D eigenvalue weighted by Gasteiger charge is -2.09. The maximum Gasteiger partial charge on any atom is 0.231 e. The highest BCUT2D eigenvalue weighted by Gasteiger charge is 2.30. The van der Waals surface area contributed by atoms with Crippen LogP contribution in [0.15, 0.2) is 36.4 Å². The molecule has 118 valence electrons. The van der Waals surface area contributed by atoms with Crippen molar-refractivity contribution in [2.24, 2.45) is 0 Å². The first-order chi connectivity index (χ1) is 11.8. The lowest BCUT2D eigenvalue weighted by molar-refractivity contribution is 0.174. The minimum Gasteiger partial charge on any atom is -0.454 e. The van der Waals surface area contributed by atoms with Crippen LogP contribution in [0.4, 0.5) is 0 Å². The van der Waals surface area contributed by atoms with Gasteiger partial charge in [0.15, 0.2) is 11.5 Å². The molecule has 24 heavy (non-hydrogen) atoms. The monoisotopic (exact) mass is 317 g/mol. The van der Waals surface area contributed by atoms with E-state index in [1.807, 2.05) is 36.4 Å². The number of benzene rings is 2. The van der Waals surface area contributed by atoms with E-state index in [0.29, 0.717) is 11.5 Å². The molecule has 0 atom stereocenters. The van der Waals surface area contributed by atoms with Gasteiger partial charge >= 0.3 is 0 Å². The summed E-state index contributed by atoms with van der Waals surface area (Å²) in [5, 5.41) is 8.95. The number of imidazole rings is 1. The standard InChI is InChI=1S/C19H15N3O2/c20-9-12-1-3-13(4-2-12)10-22-16-8-18-17(23-11-24-18)7-15(16)21-19(22)14-5-6-14/h1-4,7-8,14H,5-6,10-11H2. The van der Waals surface area contributed by atoms with Gasteiger partial charge in [0.05, 0.1) is 22.7 Å². The Bertz CT molecular complexity index is 978. The Morgan fingerprint density at radius 2 is 1.88 bits per heavy atom. The molecule has 0 saturated heterocycles. The zero-order chi connectivity index (χ0) is 16.1. The Labute approximate surface area is 139 Å².